The van der Waals surface area contributed by atoms with E-state index in [2.05, 4.69) is 0 Å². The number of carboxylic acids is 1. The standard InChI is InChI=1S/C12H13NO3S/c14-11(13-5-8(6-13)12(15)16)10-4-7-2-1-3-9(7)17-10/h4,8H,1-3,5-6H2,(H,15,16). The van der Waals surface area contributed by atoms with Crippen molar-refractivity contribution in [1.82, 2.24) is 4.90 Å². The quantitative estimate of drug-likeness (QED) is 0.864. The monoisotopic (exact) mass is 251 g/mol. The molecular formula is C12H13NO3S. The molecule has 0 radical (unpaired) electrons. The molecule has 90 valence electrons. The molecular weight excluding hydrogens is 238 g/mol. The number of amides is 1. The van der Waals surface area contributed by atoms with Crippen molar-refractivity contribution in [3.63, 3.8) is 0 Å². The van der Waals surface area contributed by atoms with E-state index < -0.39 is 5.97 Å². The highest BCUT2D eigenvalue weighted by atomic mass is 32.1. The molecule has 1 aromatic heterocycles. The van der Waals surface area contributed by atoms with Gasteiger partial charge in [0, 0.05) is 18.0 Å². The third-order valence-corrected chi connectivity index (χ3v) is 4.70. The molecule has 1 saturated heterocycles. The molecule has 1 aliphatic carbocycles. The summed E-state index contributed by atoms with van der Waals surface area (Å²) < 4.78 is 0. The van der Waals surface area contributed by atoms with Crippen LogP contribution in [0.4, 0.5) is 0 Å². The van der Waals surface area contributed by atoms with E-state index in [1.807, 2.05) is 6.07 Å². The summed E-state index contributed by atoms with van der Waals surface area (Å²) in [5, 5.41) is 8.76. The van der Waals surface area contributed by atoms with Gasteiger partial charge in [-0.05, 0) is 30.9 Å². The number of hydrogen-bond donors (Lipinski definition) is 1. The first-order chi connectivity index (χ1) is 8.15. The van der Waals surface area contributed by atoms with Crippen LogP contribution in [-0.4, -0.2) is 35.0 Å². The van der Waals surface area contributed by atoms with Crippen molar-refractivity contribution in [2.45, 2.75) is 19.3 Å². The van der Waals surface area contributed by atoms with Crippen molar-refractivity contribution in [3.8, 4) is 0 Å². The van der Waals surface area contributed by atoms with Gasteiger partial charge in [-0.2, -0.15) is 0 Å². The molecule has 1 N–H and O–H groups in total. The Hall–Kier alpha value is -1.36. The SMILES string of the molecule is O=C(O)C1CN(C(=O)c2cc3c(s2)CCC3)C1. The Balaban J connectivity index is 1.69. The second-order valence-corrected chi connectivity index (χ2v) is 5.79. The molecule has 1 amide bonds. The van der Waals surface area contributed by atoms with E-state index in [4.69, 9.17) is 5.11 Å². The van der Waals surface area contributed by atoms with Gasteiger partial charge in [-0.15, -0.1) is 11.3 Å². The summed E-state index contributed by atoms with van der Waals surface area (Å²) in [7, 11) is 0. The number of likely N-dealkylation sites (tertiary alicyclic amines) is 1. The number of thiophene rings is 1. The molecule has 0 saturated carbocycles. The fourth-order valence-electron chi connectivity index (χ4n) is 2.39. The number of nitrogens with zero attached hydrogens (tertiary/aromatic N) is 1. The van der Waals surface area contributed by atoms with Crippen molar-refractivity contribution in [2.24, 2.45) is 5.92 Å². The van der Waals surface area contributed by atoms with Crippen molar-refractivity contribution in [3.05, 3.63) is 21.4 Å². The average molecular weight is 251 g/mol. The second-order valence-electron chi connectivity index (χ2n) is 4.66. The summed E-state index contributed by atoms with van der Waals surface area (Å²) in [5.74, 6) is -1.17. The van der Waals surface area contributed by atoms with Gasteiger partial charge in [-0.3, -0.25) is 9.59 Å². The molecule has 3 rings (SSSR count). The maximum Gasteiger partial charge on any atom is 0.310 e. The van der Waals surface area contributed by atoms with Gasteiger partial charge >= 0.3 is 5.97 Å². The maximum absolute atomic E-state index is 12.0. The number of rotatable bonds is 2. The number of fused-ring (bicyclic) bond motifs is 1. The number of aryl methyl sites for hydroxylation is 2. The van der Waals surface area contributed by atoms with Crippen LogP contribution in [0.25, 0.3) is 0 Å². The molecule has 5 heteroatoms. The minimum atomic E-state index is -0.803. The van der Waals surface area contributed by atoms with Crippen LogP contribution in [-0.2, 0) is 17.6 Å². The lowest BCUT2D eigenvalue weighted by molar-refractivity contribution is -0.146. The Bertz CT molecular complexity index is 466. The third-order valence-electron chi connectivity index (χ3n) is 3.48. The summed E-state index contributed by atoms with van der Waals surface area (Å²) in [4.78, 5) is 26.4. The Morgan fingerprint density at radius 3 is 2.76 bits per heavy atom. The number of aliphatic carboxylic acids is 1. The van der Waals surface area contributed by atoms with Crippen LogP contribution >= 0.6 is 11.3 Å². The van der Waals surface area contributed by atoms with Gasteiger partial charge < -0.3 is 10.0 Å². The summed E-state index contributed by atoms with van der Waals surface area (Å²) in [6.07, 6.45) is 3.36. The number of carboxylic acid groups (broad SMARTS) is 1. The first-order valence-corrected chi connectivity index (χ1v) is 6.60. The normalized spacial score (nSPS) is 18.9. The predicted molar refractivity (Wildman–Crippen MR) is 63.4 cm³/mol. The smallest absolute Gasteiger partial charge is 0.310 e. The lowest BCUT2D eigenvalue weighted by atomic mass is 10.0. The molecule has 17 heavy (non-hydrogen) atoms. The molecule has 1 fully saturated rings. The molecule has 1 aromatic rings. The van der Waals surface area contributed by atoms with Crippen LogP contribution in [0, 0.1) is 5.92 Å². The molecule has 0 bridgehead atoms. The summed E-state index contributed by atoms with van der Waals surface area (Å²) in [6, 6.07) is 1.99. The van der Waals surface area contributed by atoms with Gasteiger partial charge in [0.25, 0.3) is 5.91 Å². The Morgan fingerprint density at radius 1 is 1.35 bits per heavy atom. The minimum Gasteiger partial charge on any atom is -0.481 e. The zero-order valence-corrected chi connectivity index (χ0v) is 10.1. The van der Waals surface area contributed by atoms with Gasteiger partial charge in [0.05, 0.1) is 10.8 Å². The Kier molecular flexibility index (Phi) is 2.43. The topological polar surface area (TPSA) is 57.6 Å². The zero-order valence-electron chi connectivity index (χ0n) is 9.31. The van der Waals surface area contributed by atoms with Gasteiger partial charge in [0.1, 0.15) is 0 Å². The van der Waals surface area contributed by atoms with Crippen LogP contribution in [0.15, 0.2) is 6.07 Å². The van der Waals surface area contributed by atoms with Crippen molar-refractivity contribution in [1.29, 1.82) is 0 Å². The van der Waals surface area contributed by atoms with Crippen molar-refractivity contribution >= 4 is 23.2 Å². The van der Waals surface area contributed by atoms with Gasteiger partial charge in [-0.25, -0.2) is 0 Å². The predicted octanol–water partition coefficient (Wildman–Crippen LogP) is 1.39. The minimum absolute atomic E-state index is 0.00176. The molecule has 2 heterocycles. The molecule has 0 unspecified atom stereocenters. The molecule has 2 aliphatic rings. The fourth-order valence-corrected chi connectivity index (χ4v) is 3.61. The highest BCUT2D eigenvalue weighted by Gasteiger charge is 2.36. The Morgan fingerprint density at radius 2 is 2.12 bits per heavy atom. The second kappa shape index (κ2) is 3.84. The first-order valence-electron chi connectivity index (χ1n) is 5.79. The van der Waals surface area contributed by atoms with E-state index in [0.717, 1.165) is 17.7 Å². The maximum atomic E-state index is 12.0. The summed E-state index contributed by atoms with van der Waals surface area (Å²) in [5.41, 5.74) is 1.31. The van der Waals surface area contributed by atoms with Crippen LogP contribution in [0.3, 0.4) is 0 Å². The van der Waals surface area contributed by atoms with Crippen molar-refractivity contribution < 1.29 is 14.7 Å². The molecule has 0 spiro atoms. The van der Waals surface area contributed by atoms with E-state index in [1.54, 1.807) is 16.2 Å². The number of carbonyl (C=O) groups excluding carboxylic acids is 1. The molecule has 0 atom stereocenters. The van der Waals surface area contributed by atoms with Gasteiger partial charge in [0.2, 0.25) is 0 Å². The number of carbonyl (C=O) groups is 2. The third kappa shape index (κ3) is 1.74. The van der Waals surface area contributed by atoms with Gasteiger partial charge in [0.15, 0.2) is 0 Å². The fraction of sp³-hybridized carbons (Fsp3) is 0.500. The van der Waals surface area contributed by atoms with Crippen molar-refractivity contribution in [2.75, 3.05) is 13.1 Å². The summed E-state index contributed by atoms with van der Waals surface area (Å²) >= 11 is 1.58. The van der Waals surface area contributed by atoms with E-state index in [-0.39, 0.29) is 11.8 Å². The zero-order chi connectivity index (χ0) is 12.0. The molecule has 0 aromatic carbocycles. The Labute approximate surface area is 103 Å². The van der Waals surface area contributed by atoms with Crippen LogP contribution in [0.1, 0.15) is 26.5 Å². The lowest BCUT2D eigenvalue weighted by Gasteiger charge is -2.36. The summed E-state index contributed by atoms with van der Waals surface area (Å²) in [6.45, 7) is 0.716. The number of hydrogen-bond acceptors (Lipinski definition) is 3. The lowest BCUT2D eigenvalue weighted by Crippen LogP contribution is -2.52. The van der Waals surface area contributed by atoms with E-state index in [0.29, 0.717) is 13.1 Å². The largest absolute Gasteiger partial charge is 0.481 e. The van der Waals surface area contributed by atoms with Crippen LogP contribution in [0.5, 0.6) is 0 Å². The average Bonchev–Trinajstić information content (AvgIpc) is 2.72. The van der Waals surface area contributed by atoms with Gasteiger partial charge in [-0.1, -0.05) is 0 Å². The van der Waals surface area contributed by atoms with Crippen LogP contribution < -0.4 is 0 Å². The van der Waals surface area contributed by atoms with Crippen LogP contribution in [0.2, 0.25) is 0 Å². The van der Waals surface area contributed by atoms with E-state index in [1.165, 1.54) is 16.9 Å². The first kappa shape index (κ1) is 10.8. The van der Waals surface area contributed by atoms with E-state index in [9.17, 15) is 9.59 Å². The molecule has 4 nitrogen and oxygen atoms in total. The molecule has 1 aliphatic heterocycles. The highest BCUT2D eigenvalue weighted by molar-refractivity contribution is 7.14. The highest BCUT2D eigenvalue weighted by Crippen LogP contribution is 2.32. The van der Waals surface area contributed by atoms with E-state index >= 15 is 0 Å².